The maximum Gasteiger partial charge on any atom is 1.00 e. The van der Waals surface area contributed by atoms with Crippen molar-refractivity contribution in [2.24, 2.45) is 5.73 Å². The van der Waals surface area contributed by atoms with Crippen molar-refractivity contribution < 1.29 is 49.1 Å². The number of rotatable bonds is 10. The van der Waals surface area contributed by atoms with Crippen molar-refractivity contribution in [1.29, 1.82) is 5.41 Å². The van der Waals surface area contributed by atoms with Crippen LogP contribution in [0.1, 0.15) is 24.8 Å². The summed E-state index contributed by atoms with van der Waals surface area (Å²) in [5.41, 5.74) is 5.80. The first kappa shape index (κ1) is 22.8. The number of benzene rings is 2. The van der Waals surface area contributed by atoms with Gasteiger partial charge < -0.3 is 20.3 Å². The summed E-state index contributed by atoms with van der Waals surface area (Å²) in [5, 5.41) is 29.6. The third-order valence-electron chi connectivity index (χ3n) is 3.62. The molecule has 0 saturated heterocycles. The van der Waals surface area contributed by atoms with Gasteiger partial charge in [-0.2, -0.15) is 0 Å². The fourth-order valence-electron chi connectivity index (χ4n) is 2.21. The van der Waals surface area contributed by atoms with E-state index in [0.29, 0.717) is 24.5 Å². The van der Waals surface area contributed by atoms with Gasteiger partial charge in [0, 0.05) is 17.7 Å². The molecule has 0 fully saturated rings. The van der Waals surface area contributed by atoms with Crippen LogP contribution in [0.4, 0.5) is 5.69 Å². The zero-order valence-corrected chi connectivity index (χ0v) is 17.1. The van der Waals surface area contributed by atoms with E-state index in [2.05, 4.69) is 0 Å². The van der Waals surface area contributed by atoms with Crippen LogP contribution in [0.15, 0.2) is 42.5 Å². The minimum Gasteiger partial charge on any atom is -0.870 e. The van der Waals surface area contributed by atoms with Gasteiger partial charge in [-0.1, -0.05) is 5.75 Å². The standard InChI is InChI=1S/C18H21N3O5.Na/c19-18(20)13-4-7-15(8-5-13)25-10-2-1-3-11-26-17-9-6-14(21(23)24)12-16(17)22;/h4-9,12,22H,1-3,10-11H2,(H3,19,20);/q;+1/p-1. The van der Waals surface area contributed by atoms with Gasteiger partial charge in [-0.15, -0.1) is 0 Å². The van der Waals surface area contributed by atoms with E-state index < -0.39 is 10.7 Å². The van der Waals surface area contributed by atoms with Gasteiger partial charge >= 0.3 is 29.6 Å². The minimum absolute atomic E-state index is 0. The van der Waals surface area contributed by atoms with Crippen molar-refractivity contribution >= 4 is 11.5 Å². The van der Waals surface area contributed by atoms with Gasteiger partial charge in [0.05, 0.1) is 18.1 Å². The van der Waals surface area contributed by atoms with Crippen molar-refractivity contribution in [3.63, 3.8) is 0 Å². The Hall–Kier alpha value is -2.29. The Morgan fingerprint density at radius 1 is 1.04 bits per heavy atom. The molecule has 0 aliphatic carbocycles. The second-order valence-corrected chi connectivity index (χ2v) is 5.58. The molecule has 0 radical (unpaired) electrons. The summed E-state index contributed by atoms with van der Waals surface area (Å²) in [6, 6.07) is 10.5. The summed E-state index contributed by atoms with van der Waals surface area (Å²) in [6.07, 6.45) is 2.41. The summed E-state index contributed by atoms with van der Waals surface area (Å²) in [7, 11) is 0. The van der Waals surface area contributed by atoms with E-state index in [4.69, 9.17) is 20.6 Å². The largest absolute Gasteiger partial charge is 1.00 e. The average molecular weight is 381 g/mol. The van der Waals surface area contributed by atoms with Crippen LogP contribution in [0.5, 0.6) is 17.2 Å². The van der Waals surface area contributed by atoms with Gasteiger partial charge in [-0.25, -0.2) is 0 Å². The molecule has 0 heterocycles. The Labute approximate surface area is 179 Å². The Morgan fingerprint density at radius 3 is 2.22 bits per heavy atom. The van der Waals surface area contributed by atoms with Crippen LogP contribution >= 0.6 is 0 Å². The zero-order valence-electron chi connectivity index (χ0n) is 15.1. The number of ether oxygens (including phenoxy) is 2. The number of nitrogens with zero attached hydrogens (tertiary/aromatic N) is 1. The van der Waals surface area contributed by atoms with E-state index in [1.807, 2.05) is 0 Å². The maximum atomic E-state index is 11.7. The molecule has 9 heteroatoms. The molecule has 2 aromatic rings. The summed E-state index contributed by atoms with van der Waals surface area (Å²) in [6.45, 7) is 0.907. The third kappa shape index (κ3) is 7.46. The van der Waals surface area contributed by atoms with Gasteiger partial charge in [0.2, 0.25) is 0 Å². The Morgan fingerprint density at radius 2 is 1.67 bits per heavy atom. The van der Waals surface area contributed by atoms with Crippen molar-refractivity contribution in [3.05, 3.63) is 58.1 Å². The molecule has 2 rings (SSSR count). The molecule has 0 aliphatic rings. The van der Waals surface area contributed by atoms with Crippen LogP contribution in [0.25, 0.3) is 0 Å². The number of nitrogen functional groups attached to an aromatic ring is 1. The molecule has 2 aromatic carbocycles. The van der Waals surface area contributed by atoms with Crippen LogP contribution in [0.2, 0.25) is 0 Å². The molecule has 0 bridgehead atoms. The van der Waals surface area contributed by atoms with Crippen LogP contribution in [-0.2, 0) is 0 Å². The van der Waals surface area contributed by atoms with Gasteiger partial charge in [0.1, 0.15) is 17.3 Å². The Bertz CT molecular complexity index is 768. The maximum absolute atomic E-state index is 11.7. The molecule has 0 amide bonds. The van der Waals surface area contributed by atoms with Gasteiger partial charge in [0.15, 0.2) is 0 Å². The van der Waals surface area contributed by atoms with Gasteiger partial charge in [-0.3, -0.25) is 15.5 Å². The quantitative estimate of drug-likeness (QED) is 0.143. The second-order valence-electron chi connectivity index (χ2n) is 5.58. The van der Waals surface area contributed by atoms with Crippen molar-refractivity contribution in [3.8, 4) is 17.2 Å². The molecule has 138 valence electrons. The molecule has 3 N–H and O–H groups in total. The van der Waals surface area contributed by atoms with E-state index in [1.165, 1.54) is 12.1 Å². The average Bonchev–Trinajstić information content (AvgIpc) is 2.62. The number of unbranched alkanes of at least 4 members (excludes halogenated alkanes) is 2. The number of amidine groups is 1. The normalized spacial score (nSPS) is 9.93. The number of nitrogens with one attached hydrogen (secondary N) is 1. The van der Waals surface area contributed by atoms with E-state index in [1.54, 1.807) is 24.3 Å². The van der Waals surface area contributed by atoms with Crippen molar-refractivity contribution in [2.75, 3.05) is 13.2 Å². The Kier molecular flexibility index (Phi) is 9.63. The SMILES string of the molecule is N=C(N)c1ccc(OCCCCCOc2ccc([N+](=O)[O-])cc2[O-])cc1.[Na+]. The summed E-state index contributed by atoms with van der Waals surface area (Å²) in [5.74, 6) is 0.368. The number of hydrogen-bond acceptors (Lipinski definition) is 6. The molecular weight excluding hydrogens is 361 g/mol. The summed E-state index contributed by atoms with van der Waals surface area (Å²) in [4.78, 5) is 9.96. The summed E-state index contributed by atoms with van der Waals surface area (Å²) < 4.78 is 11.0. The first-order chi connectivity index (χ1) is 12.5. The third-order valence-corrected chi connectivity index (χ3v) is 3.62. The predicted octanol–water partition coefficient (Wildman–Crippen LogP) is -0.415. The number of nitrogens with two attached hydrogens (primary N) is 1. The van der Waals surface area contributed by atoms with E-state index in [9.17, 15) is 15.2 Å². The smallest absolute Gasteiger partial charge is 0.870 e. The first-order valence-corrected chi connectivity index (χ1v) is 8.13. The molecule has 8 nitrogen and oxygen atoms in total. The second kappa shape index (κ2) is 11.4. The molecule has 0 aliphatic heterocycles. The fraction of sp³-hybridized carbons (Fsp3) is 0.278. The molecular formula is C18H20N3NaO5. The molecule has 0 spiro atoms. The van der Waals surface area contributed by atoms with Crippen LogP contribution in [0, 0.1) is 15.5 Å². The molecule has 0 aromatic heterocycles. The van der Waals surface area contributed by atoms with Crippen molar-refractivity contribution in [2.45, 2.75) is 19.3 Å². The van der Waals surface area contributed by atoms with E-state index >= 15 is 0 Å². The van der Waals surface area contributed by atoms with Crippen LogP contribution in [0.3, 0.4) is 0 Å². The predicted molar refractivity (Wildman–Crippen MR) is 94.8 cm³/mol. The zero-order chi connectivity index (χ0) is 18.9. The molecule has 27 heavy (non-hydrogen) atoms. The first-order valence-electron chi connectivity index (χ1n) is 8.13. The number of hydrogen-bond donors (Lipinski definition) is 2. The van der Waals surface area contributed by atoms with E-state index in [-0.39, 0.29) is 46.8 Å². The molecule has 0 saturated carbocycles. The monoisotopic (exact) mass is 381 g/mol. The number of nitro benzene ring substituents is 1. The van der Waals surface area contributed by atoms with Crippen molar-refractivity contribution in [1.82, 2.24) is 0 Å². The van der Waals surface area contributed by atoms with E-state index in [0.717, 1.165) is 25.3 Å². The summed E-state index contributed by atoms with van der Waals surface area (Å²) >= 11 is 0. The Balaban J connectivity index is 0.00000364. The number of nitro groups is 1. The van der Waals surface area contributed by atoms with Crippen LogP contribution < -0.4 is 49.9 Å². The number of non-ortho nitro benzene ring substituents is 1. The molecule has 0 unspecified atom stereocenters. The van der Waals surface area contributed by atoms with Gasteiger partial charge in [-0.05, 0) is 49.6 Å². The minimum atomic E-state index is -0.612. The van der Waals surface area contributed by atoms with Gasteiger partial charge in [0.25, 0.3) is 5.69 Å². The molecule has 0 atom stereocenters. The van der Waals surface area contributed by atoms with Crippen LogP contribution in [-0.4, -0.2) is 24.0 Å². The topological polar surface area (TPSA) is 135 Å². The fourth-order valence-corrected chi connectivity index (χ4v) is 2.21.